The van der Waals surface area contributed by atoms with E-state index in [4.69, 9.17) is 9.41 Å². The summed E-state index contributed by atoms with van der Waals surface area (Å²) in [5, 5.41) is 6.33. The van der Waals surface area contributed by atoms with Crippen molar-refractivity contribution in [1.29, 1.82) is 0 Å². The molecule has 1 amide bonds. The Morgan fingerprint density at radius 2 is 1.96 bits per heavy atom. The Labute approximate surface area is 156 Å². The van der Waals surface area contributed by atoms with Gasteiger partial charge >= 0.3 is 0 Å². The lowest BCUT2D eigenvalue weighted by molar-refractivity contribution is -0.123. The zero-order valence-corrected chi connectivity index (χ0v) is 16.8. The highest BCUT2D eigenvalue weighted by Gasteiger charge is 2.21. The molecule has 1 fully saturated rings. The molecule has 0 radical (unpaired) electrons. The molecule has 1 saturated heterocycles. The Bertz CT molecular complexity index is 615. The standard InChI is InChI=1S/C19H33N5O2/c1-6-20-19(21-12-17-11-15(4)26-16(17)5)24-9-7-23(8-10-24)13-18(25)22-14(2)3/h11,14H,6-10,12-13H2,1-5H3,(H,20,21)(H,22,25). The number of aliphatic imine (C=N–C) groups is 1. The highest BCUT2D eigenvalue weighted by atomic mass is 16.3. The Morgan fingerprint density at radius 3 is 2.50 bits per heavy atom. The maximum absolute atomic E-state index is 11.9. The van der Waals surface area contributed by atoms with Crippen LogP contribution in [-0.2, 0) is 11.3 Å². The van der Waals surface area contributed by atoms with E-state index in [2.05, 4.69) is 27.4 Å². The quantitative estimate of drug-likeness (QED) is 0.592. The van der Waals surface area contributed by atoms with Crippen LogP contribution < -0.4 is 10.6 Å². The molecule has 1 aromatic rings. The maximum atomic E-state index is 11.9. The third-order valence-electron chi connectivity index (χ3n) is 4.37. The number of guanidine groups is 1. The second-order valence-corrected chi connectivity index (χ2v) is 7.09. The van der Waals surface area contributed by atoms with Gasteiger partial charge in [-0.05, 0) is 40.7 Å². The average molecular weight is 364 g/mol. The van der Waals surface area contributed by atoms with E-state index in [1.807, 2.05) is 33.8 Å². The SMILES string of the molecule is CCNC(=NCc1cc(C)oc1C)N1CCN(CC(=O)NC(C)C)CC1. The number of hydrogen-bond donors (Lipinski definition) is 2. The molecule has 7 nitrogen and oxygen atoms in total. The van der Waals surface area contributed by atoms with Gasteiger partial charge in [0.1, 0.15) is 11.5 Å². The van der Waals surface area contributed by atoms with Crippen LogP contribution in [0.4, 0.5) is 0 Å². The molecule has 0 aromatic carbocycles. The molecule has 7 heteroatoms. The molecule has 2 rings (SSSR count). The van der Waals surface area contributed by atoms with E-state index in [0.717, 1.165) is 55.8 Å². The number of carbonyl (C=O) groups is 1. The van der Waals surface area contributed by atoms with Crippen molar-refractivity contribution in [3.05, 3.63) is 23.2 Å². The van der Waals surface area contributed by atoms with Crippen molar-refractivity contribution < 1.29 is 9.21 Å². The summed E-state index contributed by atoms with van der Waals surface area (Å²) in [6.45, 7) is 15.3. The number of hydrogen-bond acceptors (Lipinski definition) is 4. The van der Waals surface area contributed by atoms with E-state index in [-0.39, 0.29) is 11.9 Å². The highest BCUT2D eigenvalue weighted by Crippen LogP contribution is 2.15. The minimum absolute atomic E-state index is 0.0971. The monoisotopic (exact) mass is 363 g/mol. The molecule has 0 bridgehead atoms. The molecule has 26 heavy (non-hydrogen) atoms. The number of furan rings is 1. The van der Waals surface area contributed by atoms with Gasteiger partial charge in [0.2, 0.25) is 5.91 Å². The third-order valence-corrected chi connectivity index (χ3v) is 4.37. The van der Waals surface area contributed by atoms with E-state index < -0.39 is 0 Å². The van der Waals surface area contributed by atoms with Crippen LogP contribution >= 0.6 is 0 Å². The molecule has 0 unspecified atom stereocenters. The van der Waals surface area contributed by atoms with Gasteiger partial charge in [-0.15, -0.1) is 0 Å². The van der Waals surface area contributed by atoms with Gasteiger partial charge in [-0.1, -0.05) is 0 Å². The molecule has 1 aliphatic rings. The fourth-order valence-corrected chi connectivity index (χ4v) is 3.11. The summed E-state index contributed by atoms with van der Waals surface area (Å²) < 4.78 is 5.58. The fraction of sp³-hybridized carbons (Fsp3) is 0.684. The lowest BCUT2D eigenvalue weighted by Gasteiger charge is -2.36. The summed E-state index contributed by atoms with van der Waals surface area (Å²) >= 11 is 0. The molecule has 0 atom stereocenters. The van der Waals surface area contributed by atoms with E-state index in [1.165, 1.54) is 0 Å². The molecular formula is C19H33N5O2. The predicted molar refractivity (Wildman–Crippen MR) is 104 cm³/mol. The molecule has 1 aliphatic heterocycles. The molecular weight excluding hydrogens is 330 g/mol. The van der Waals surface area contributed by atoms with Gasteiger partial charge in [0.15, 0.2) is 5.96 Å². The number of carbonyl (C=O) groups excluding carboxylic acids is 1. The Kier molecular flexibility index (Phi) is 7.50. The van der Waals surface area contributed by atoms with Crippen LogP contribution in [0.1, 0.15) is 37.9 Å². The van der Waals surface area contributed by atoms with Crippen LogP contribution in [0, 0.1) is 13.8 Å². The van der Waals surface area contributed by atoms with Crippen molar-refractivity contribution in [2.24, 2.45) is 4.99 Å². The number of aryl methyl sites for hydroxylation is 2. The molecule has 146 valence electrons. The van der Waals surface area contributed by atoms with Gasteiger partial charge in [-0.3, -0.25) is 9.69 Å². The maximum Gasteiger partial charge on any atom is 0.234 e. The van der Waals surface area contributed by atoms with Gasteiger partial charge in [-0.25, -0.2) is 4.99 Å². The molecule has 1 aromatic heterocycles. The first-order valence-electron chi connectivity index (χ1n) is 9.50. The second-order valence-electron chi connectivity index (χ2n) is 7.09. The van der Waals surface area contributed by atoms with Crippen molar-refractivity contribution in [2.75, 3.05) is 39.3 Å². The van der Waals surface area contributed by atoms with E-state index in [0.29, 0.717) is 13.1 Å². The van der Waals surface area contributed by atoms with Crippen LogP contribution in [0.5, 0.6) is 0 Å². The summed E-state index contributed by atoms with van der Waals surface area (Å²) in [5.74, 6) is 2.88. The normalized spacial score (nSPS) is 16.2. The van der Waals surface area contributed by atoms with Crippen molar-refractivity contribution in [3.8, 4) is 0 Å². The van der Waals surface area contributed by atoms with E-state index in [9.17, 15) is 4.79 Å². The number of amides is 1. The van der Waals surface area contributed by atoms with Crippen LogP contribution in [0.2, 0.25) is 0 Å². The minimum atomic E-state index is 0.0971. The van der Waals surface area contributed by atoms with Crippen LogP contribution in [0.3, 0.4) is 0 Å². The topological polar surface area (TPSA) is 73.1 Å². The Morgan fingerprint density at radius 1 is 1.27 bits per heavy atom. The summed E-state index contributed by atoms with van der Waals surface area (Å²) in [5.41, 5.74) is 1.13. The first kappa shape index (κ1) is 20.3. The molecule has 2 N–H and O–H groups in total. The number of nitrogens with one attached hydrogen (secondary N) is 2. The third kappa shape index (κ3) is 6.05. The van der Waals surface area contributed by atoms with Crippen molar-refractivity contribution in [2.45, 2.75) is 47.2 Å². The van der Waals surface area contributed by atoms with Gasteiger partial charge in [0, 0.05) is 44.3 Å². The molecule has 0 aliphatic carbocycles. The van der Waals surface area contributed by atoms with Gasteiger partial charge in [-0.2, -0.15) is 0 Å². The minimum Gasteiger partial charge on any atom is -0.466 e. The van der Waals surface area contributed by atoms with Crippen molar-refractivity contribution >= 4 is 11.9 Å². The fourth-order valence-electron chi connectivity index (χ4n) is 3.11. The second kappa shape index (κ2) is 9.62. The smallest absolute Gasteiger partial charge is 0.234 e. The first-order chi connectivity index (χ1) is 12.4. The van der Waals surface area contributed by atoms with Crippen molar-refractivity contribution in [3.63, 3.8) is 0 Å². The first-order valence-corrected chi connectivity index (χ1v) is 9.50. The van der Waals surface area contributed by atoms with Crippen LogP contribution in [0.25, 0.3) is 0 Å². The Hall–Kier alpha value is -2.02. The lowest BCUT2D eigenvalue weighted by atomic mass is 10.2. The van der Waals surface area contributed by atoms with Gasteiger partial charge < -0.3 is 20.0 Å². The zero-order valence-electron chi connectivity index (χ0n) is 16.8. The number of nitrogens with zero attached hydrogens (tertiary/aromatic N) is 3. The molecule has 0 saturated carbocycles. The average Bonchev–Trinajstić information content (AvgIpc) is 2.89. The summed E-state index contributed by atoms with van der Waals surface area (Å²) in [6, 6.07) is 2.24. The lowest BCUT2D eigenvalue weighted by Crippen LogP contribution is -2.54. The van der Waals surface area contributed by atoms with Gasteiger partial charge in [0.05, 0.1) is 13.1 Å². The Balaban J connectivity index is 1.90. The van der Waals surface area contributed by atoms with Crippen LogP contribution in [0.15, 0.2) is 15.5 Å². The van der Waals surface area contributed by atoms with Crippen molar-refractivity contribution in [1.82, 2.24) is 20.4 Å². The largest absolute Gasteiger partial charge is 0.466 e. The predicted octanol–water partition coefficient (Wildman–Crippen LogP) is 1.50. The molecule has 2 heterocycles. The number of piperazine rings is 1. The zero-order chi connectivity index (χ0) is 19.1. The van der Waals surface area contributed by atoms with E-state index >= 15 is 0 Å². The highest BCUT2D eigenvalue weighted by molar-refractivity contribution is 5.80. The summed E-state index contributed by atoms with van der Waals surface area (Å²) in [4.78, 5) is 21.2. The molecule has 0 spiro atoms. The van der Waals surface area contributed by atoms with Gasteiger partial charge in [0.25, 0.3) is 0 Å². The van der Waals surface area contributed by atoms with Crippen LogP contribution in [-0.4, -0.2) is 67.0 Å². The number of rotatable bonds is 6. The summed E-state index contributed by atoms with van der Waals surface area (Å²) in [6.07, 6.45) is 0. The van der Waals surface area contributed by atoms with E-state index in [1.54, 1.807) is 0 Å². The summed E-state index contributed by atoms with van der Waals surface area (Å²) in [7, 11) is 0.